The quantitative estimate of drug-likeness (QED) is 0.316. The zero-order valence-electron chi connectivity index (χ0n) is 23.6. The number of esters is 2. The number of carbonyl (C=O) groups is 3. The Labute approximate surface area is 232 Å². The van der Waals surface area contributed by atoms with E-state index in [4.69, 9.17) is 14.2 Å². The lowest BCUT2D eigenvalue weighted by Gasteiger charge is -2.67. The minimum absolute atomic E-state index is 0.0983. The van der Waals surface area contributed by atoms with E-state index in [0.29, 0.717) is 5.57 Å². The first-order valence-electron chi connectivity index (χ1n) is 13.6. The number of aliphatic hydroxyl groups excluding tert-OH is 1. The van der Waals surface area contributed by atoms with Gasteiger partial charge in [-0.2, -0.15) is 0 Å². The molecule has 4 N–H and O–H groups in total. The summed E-state index contributed by atoms with van der Waals surface area (Å²) in [6.45, 7) is 8.70. The fraction of sp³-hybridized carbons (Fsp3) is 0.633. The maximum Gasteiger partial charge on any atom is 0.338 e. The first-order chi connectivity index (χ1) is 18.4. The minimum atomic E-state index is -2.10. The summed E-state index contributed by atoms with van der Waals surface area (Å²) in [6, 6.07) is 8.09. The zero-order chi connectivity index (χ0) is 29.6. The molecule has 1 aliphatic heterocycles. The van der Waals surface area contributed by atoms with Crippen molar-refractivity contribution in [1.29, 1.82) is 0 Å². The van der Waals surface area contributed by atoms with E-state index in [9.17, 15) is 34.8 Å². The van der Waals surface area contributed by atoms with Gasteiger partial charge in [-0.15, -0.1) is 0 Å². The Hall–Kier alpha value is -2.63. The van der Waals surface area contributed by atoms with E-state index >= 15 is 0 Å². The standard InChI is InChI=1S/C30H38O10/c1-15-20-21(39-16(2)31)23(33)28(6)18(32)12-19-29(36,14-38-19)22(28)24(40-25(34)17-10-8-7-9-11-17)30(37,26(20,3)4)13-27(15,5)35/h7-11,18-19,21-22,24,32,35-37H,12-14H2,1-6H3/t18-,19+,21+,22?,24?,27+,28+,29-,30+/m0/s1. The number of ether oxygens (including phenoxy) is 3. The van der Waals surface area contributed by atoms with Crippen molar-refractivity contribution in [2.24, 2.45) is 16.7 Å². The predicted octanol–water partition coefficient (Wildman–Crippen LogP) is 1.47. The molecule has 1 aromatic carbocycles. The molecule has 10 nitrogen and oxygen atoms in total. The molecule has 2 bridgehead atoms. The maximum atomic E-state index is 14.6. The van der Waals surface area contributed by atoms with Crippen molar-refractivity contribution in [3.05, 3.63) is 47.0 Å². The second-order valence-corrected chi connectivity index (χ2v) is 12.9. The van der Waals surface area contributed by atoms with Gasteiger partial charge in [0.05, 0.1) is 35.4 Å². The Kier molecular flexibility index (Phi) is 6.45. The van der Waals surface area contributed by atoms with Crippen LogP contribution in [0.25, 0.3) is 0 Å². The van der Waals surface area contributed by atoms with E-state index < -0.39 is 75.7 Å². The first-order valence-corrected chi connectivity index (χ1v) is 13.6. The van der Waals surface area contributed by atoms with Gasteiger partial charge in [-0.1, -0.05) is 32.0 Å². The van der Waals surface area contributed by atoms with Crippen LogP contribution in [0.1, 0.15) is 64.7 Å². The van der Waals surface area contributed by atoms with Gasteiger partial charge in [0.25, 0.3) is 0 Å². The highest BCUT2D eigenvalue weighted by Crippen LogP contribution is 2.64. The Balaban J connectivity index is 1.83. The van der Waals surface area contributed by atoms with Crippen molar-refractivity contribution < 1.29 is 49.0 Å². The van der Waals surface area contributed by atoms with Gasteiger partial charge < -0.3 is 34.6 Å². The largest absolute Gasteiger partial charge is 0.455 e. The number of carbonyl (C=O) groups excluding carboxylic acids is 3. The van der Waals surface area contributed by atoms with Crippen LogP contribution < -0.4 is 0 Å². The van der Waals surface area contributed by atoms with Gasteiger partial charge in [0, 0.05) is 31.1 Å². The molecule has 10 heteroatoms. The number of hydrogen-bond donors (Lipinski definition) is 4. The minimum Gasteiger partial charge on any atom is -0.455 e. The summed E-state index contributed by atoms with van der Waals surface area (Å²) >= 11 is 0. The Morgan fingerprint density at radius 1 is 1.02 bits per heavy atom. The summed E-state index contributed by atoms with van der Waals surface area (Å²) in [7, 11) is 0. The highest BCUT2D eigenvalue weighted by Gasteiger charge is 2.77. The molecule has 0 amide bonds. The lowest BCUT2D eigenvalue weighted by molar-refractivity contribution is -0.344. The number of hydrogen-bond acceptors (Lipinski definition) is 10. The number of aliphatic hydroxyl groups is 4. The van der Waals surface area contributed by atoms with Crippen LogP contribution in [0.5, 0.6) is 0 Å². The van der Waals surface area contributed by atoms with E-state index in [1.165, 1.54) is 26.0 Å². The molecule has 1 aromatic rings. The van der Waals surface area contributed by atoms with Gasteiger partial charge in [0.15, 0.2) is 11.9 Å². The van der Waals surface area contributed by atoms with Crippen molar-refractivity contribution in [1.82, 2.24) is 0 Å². The topological polar surface area (TPSA) is 160 Å². The van der Waals surface area contributed by atoms with Crippen LogP contribution in [-0.2, 0) is 23.8 Å². The Bertz CT molecular complexity index is 1280. The summed E-state index contributed by atoms with van der Waals surface area (Å²) < 4.78 is 17.4. The number of Topliss-reactive ketones (excluding diaryl/α,β-unsaturated/α-hetero) is 1. The van der Waals surface area contributed by atoms with Crippen LogP contribution >= 0.6 is 0 Å². The lowest BCUT2D eigenvalue weighted by atomic mass is 9.44. The van der Waals surface area contributed by atoms with Crippen molar-refractivity contribution in [3.63, 3.8) is 0 Å². The molecule has 3 fully saturated rings. The van der Waals surface area contributed by atoms with Crippen molar-refractivity contribution in [2.75, 3.05) is 6.61 Å². The monoisotopic (exact) mass is 558 g/mol. The molecular weight excluding hydrogens is 520 g/mol. The SMILES string of the molecule is CC(=O)O[C@H]1C(=O)[C@@]2(C)C(C(OC(=O)c3ccccc3)[C@]3(O)C[C@@](C)(O)C(C)=C1C3(C)C)[C@]1(O)CO[C@@H]1C[C@@H]2O. The zero-order valence-corrected chi connectivity index (χ0v) is 23.6. The lowest BCUT2D eigenvalue weighted by Crippen LogP contribution is -2.81. The van der Waals surface area contributed by atoms with Gasteiger partial charge in [-0.25, -0.2) is 4.79 Å². The number of fused-ring (bicyclic) bond motifs is 5. The third kappa shape index (κ3) is 3.69. The highest BCUT2D eigenvalue weighted by atomic mass is 16.6. The maximum absolute atomic E-state index is 14.6. The molecule has 9 atom stereocenters. The molecule has 218 valence electrons. The summed E-state index contributed by atoms with van der Waals surface area (Å²) in [4.78, 5) is 40.6. The van der Waals surface area contributed by atoms with Gasteiger partial charge in [-0.05, 0) is 44.1 Å². The van der Waals surface area contributed by atoms with Crippen molar-refractivity contribution >= 4 is 17.7 Å². The van der Waals surface area contributed by atoms with Crippen LogP contribution in [0.4, 0.5) is 0 Å². The molecule has 0 spiro atoms. The van der Waals surface area contributed by atoms with Gasteiger partial charge in [-0.3, -0.25) is 9.59 Å². The number of rotatable bonds is 3. The van der Waals surface area contributed by atoms with Crippen molar-refractivity contribution in [2.45, 2.75) is 95.6 Å². The van der Waals surface area contributed by atoms with Crippen molar-refractivity contribution in [3.8, 4) is 0 Å². The second kappa shape index (κ2) is 8.93. The molecule has 5 rings (SSSR count). The summed E-state index contributed by atoms with van der Waals surface area (Å²) in [5.41, 5.74) is -8.20. The first kappa shape index (κ1) is 28.9. The number of ketones is 1. The average molecular weight is 559 g/mol. The Morgan fingerprint density at radius 3 is 2.20 bits per heavy atom. The van der Waals surface area contributed by atoms with E-state index in [2.05, 4.69) is 0 Å². The molecule has 1 saturated heterocycles. The Morgan fingerprint density at radius 2 is 1.65 bits per heavy atom. The molecule has 2 unspecified atom stereocenters. The number of benzene rings is 1. The molecule has 40 heavy (non-hydrogen) atoms. The van der Waals surface area contributed by atoms with Gasteiger partial charge >= 0.3 is 11.9 Å². The fourth-order valence-corrected chi connectivity index (χ4v) is 7.74. The summed E-state index contributed by atoms with van der Waals surface area (Å²) in [5.74, 6) is -3.69. The smallest absolute Gasteiger partial charge is 0.338 e. The molecule has 4 aliphatic rings. The molecule has 3 aliphatic carbocycles. The summed E-state index contributed by atoms with van der Waals surface area (Å²) in [5, 5.41) is 48.0. The molecular formula is C30H38O10. The molecule has 2 saturated carbocycles. The van der Waals surface area contributed by atoms with Crippen LogP contribution in [-0.4, -0.2) is 86.0 Å². The normalized spacial score (nSPS) is 43.9. The van der Waals surface area contributed by atoms with Gasteiger partial charge in [0.1, 0.15) is 17.3 Å². The van der Waals surface area contributed by atoms with Crippen LogP contribution in [0.2, 0.25) is 0 Å². The van der Waals surface area contributed by atoms with E-state index in [1.807, 2.05) is 0 Å². The van der Waals surface area contributed by atoms with Crippen LogP contribution in [0, 0.1) is 16.7 Å². The summed E-state index contributed by atoms with van der Waals surface area (Å²) in [6.07, 6.45) is -5.91. The van der Waals surface area contributed by atoms with E-state index in [0.717, 1.165) is 6.92 Å². The predicted molar refractivity (Wildman–Crippen MR) is 140 cm³/mol. The molecule has 1 heterocycles. The van der Waals surface area contributed by atoms with Gasteiger partial charge in [0.2, 0.25) is 0 Å². The van der Waals surface area contributed by atoms with E-state index in [1.54, 1.807) is 39.0 Å². The fourth-order valence-electron chi connectivity index (χ4n) is 7.74. The third-order valence-electron chi connectivity index (χ3n) is 10.3. The molecule has 0 radical (unpaired) electrons. The van der Waals surface area contributed by atoms with Crippen LogP contribution in [0.15, 0.2) is 41.5 Å². The highest BCUT2D eigenvalue weighted by molar-refractivity contribution is 5.95. The average Bonchev–Trinajstić information content (AvgIpc) is 2.87. The third-order valence-corrected chi connectivity index (χ3v) is 10.3. The second-order valence-electron chi connectivity index (χ2n) is 12.9. The van der Waals surface area contributed by atoms with Crippen LogP contribution in [0.3, 0.4) is 0 Å². The van der Waals surface area contributed by atoms with E-state index in [-0.39, 0.29) is 30.6 Å². The molecule has 0 aromatic heterocycles.